The van der Waals surface area contributed by atoms with E-state index in [1.54, 1.807) is 0 Å². The summed E-state index contributed by atoms with van der Waals surface area (Å²) in [5, 5.41) is 2.73. The number of hydrogen-bond acceptors (Lipinski definition) is 3. The molecule has 1 heterocycles. The van der Waals surface area contributed by atoms with Gasteiger partial charge in [0, 0.05) is 19.1 Å². The molecule has 1 amide bonds. The highest BCUT2D eigenvalue weighted by molar-refractivity contribution is 5.67. The van der Waals surface area contributed by atoms with Gasteiger partial charge in [0.1, 0.15) is 6.10 Å². The van der Waals surface area contributed by atoms with Gasteiger partial charge in [0.15, 0.2) is 0 Å². The topological polar surface area (TPSA) is 41.6 Å². The maximum atomic E-state index is 11.3. The number of nitrogens with one attached hydrogen (secondary N) is 1. The highest BCUT2D eigenvalue weighted by atomic mass is 16.6. The van der Waals surface area contributed by atoms with Gasteiger partial charge in [0.05, 0.1) is 0 Å². The lowest BCUT2D eigenvalue weighted by molar-refractivity contribution is 0.0560. The lowest BCUT2D eigenvalue weighted by Crippen LogP contribution is -2.39. The summed E-state index contributed by atoms with van der Waals surface area (Å²) in [5.74, 6) is 0. The van der Waals surface area contributed by atoms with Gasteiger partial charge in [-0.25, -0.2) is 4.79 Å². The van der Waals surface area contributed by atoms with Gasteiger partial charge in [0.2, 0.25) is 0 Å². The van der Waals surface area contributed by atoms with E-state index in [-0.39, 0.29) is 18.2 Å². The molecule has 1 aliphatic heterocycles. The SMILES string of the molecule is CC(C)NC(=O)OC1CCN(C)CC1. The molecule has 4 heteroatoms. The number of likely N-dealkylation sites (tertiary alicyclic amines) is 1. The van der Waals surface area contributed by atoms with Crippen molar-refractivity contribution in [3.05, 3.63) is 0 Å². The average Bonchev–Trinajstić information content (AvgIpc) is 2.07. The molecule has 0 aliphatic carbocycles. The molecule has 0 bridgehead atoms. The van der Waals surface area contributed by atoms with Crippen LogP contribution >= 0.6 is 0 Å². The third-order valence-corrected chi connectivity index (χ3v) is 2.35. The van der Waals surface area contributed by atoms with E-state index < -0.39 is 0 Å². The van der Waals surface area contributed by atoms with E-state index in [1.807, 2.05) is 13.8 Å². The lowest BCUT2D eigenvalue weighted by atomic mass is 10.1. The van der Waals surface area contributed by atoms with Crippen LogP contribution in [0.2, 0.25) is 0 Å². The molecular weight excluding hydrogens is 180 g/mol. The molecule has 0 unspecified atom stereocenters. The van der Waals surface area contributed by atoms with E-state index in [1.165, 1.54) is 0 Å². The maximum Gasteiger partial charge on any atom is 0.407 e. The van der Waals surface area contributed by atoms with Crippen molar-refractivity contribution in [1.29, 1.82) is 0 Å². The largest absolute Gasteiger partial charge is 0.446 e. The molecule has 1 N–H and O–H groups in total. The first-order chi connectivity index (χ1) is 6.58. The molecule has 0 atom stereocenters. The van der Waals surface area contributed by atoms with Crippen molar-refractivity contribution in [3.63, 3.8) is 0 Å². The first-order valence-electron chi connectivity index (χ1n) is 5.23. The zero-order valence-electron chi connectivity index (χ0n) is 9.25. The Balaban J connectivity index is 2.20. The van der Waals surface area contributed by atoms with Crippen molar-refractivity contribution in [2.75, 3.05) is 20.1 Å². The normalized spacial score (nSPS) is 19.7. The number of hydrogen-bond donors (Lipinski definition) is 1. The molecule has 0 aromatic carbocycles. The van der Waals surface area contributed by atoms with Crippen molar-refractivity contribution in [1.82, 2.24) is 10.2 Å². The van der Waals surface area contributed by atoms with E-state index in [2.05, 4.69) is 17.3 Å². The van der Waals surface area contributed by atoms with E-state index in [0.29, 0.717) is 0 Å². The van der Waals surface area contributed by atoms with Gasteiger partial charge in [-0.1, -0.05) is 0 Å². The zero-order valence-corrected chi connectivity index (χ0v) is 9.25. The number of nitrogens with zero attached hydrogens (tertiary/aromatic N) is 1. The minimum atomic E-state index is -0.283. The van der Waals surface area contributed by atoms with Gasteiger partial charge in [-0.15, -0.1) is 0 Å². The third-order valence-electron chi connectivity index (χ3n) is 2.35. The first kappa shape index (κ1) is 11.3. The fraction of sp³-hybridized carbons (Fsp3) is 0.900. The van der Waals surface area contributed by atoms with Crippen molar-refractivity contribution in [2.45, 2.75) is 38.8 Å². The summed E-state index contributed by atoms with van der Waals surface area (Å²) in [6.07, 6.45) is 1.71. The summed E-state index contributed by atoms with van der Waals surface area (Å²) < 4.78 is 5.27. The number of piperidine rings is 1. The molecule has 82 valence electrons. The number of amides is 1. The van der Waals surface area contributed by atoms with E-state index in [4.69, 9.17) is 4.74 Å². The van der Waals surface area contributed by atoms with E-state index >= 15 is 0 Å². The van der Waals surface area contributed by atoms with Crippen LogP contribution in [-0.2, 0) is 4.74 Å². The van der Waals surface area contributed by atoms with E-state index in [0.717, 1.165) is 25.9 Å². The highest BCUT2D eigenvalue weighted by Gasteiger charge is 2.20. The predicted molar refractivity (Wildman–Crippen MR) is 55.3 cm³/mol. The van der Waals surface area contributed by atoms with Crippen molar-refractivity contribution >= 4 is 6.09 Å². The Morgan fingerprint density at radius 1 is 1.43 bits per heavy atom. The molecule has 1 rings (SSSR count). The zero-order chi connectivity index (χ0) is 10.6. The summed E-state index contributed by atoms with van der Waals surface area (Å²) >= 11 is 0. The molecule has 1 aliphatic rings. The minimum absolute atomic E-state index is 0.102. The van der Waals surface area contributed by atoms with Crippen LogP contribution in [0, 0.1) is 0 Å². The molecule has 0 aromatic heterocycles. The predicted octanol–water partition coefficient (Wildman–Crippen LogP) is 1.22. The molecule has 0 radical (unpaired) electrons. The van der Waals surface area contributed by atoms with Crippen LogP contribution < -0.4 is 5.32 Å². The molecule has 1 saturated heterocycles. The van der Waals surface area contributed by atoms with Gasteiger partial charge in [-0.2, -0.15) is 0 Å². The monoisotopic (exact) mass is 200 g/mol. The van der Waals surface area contributed by atoms with Crippen LogP contribution in [0.1, 0.15) is 26.7 Å². The van der Waals surface area contributed by atoms with Gasteiger partial charge >= 0.3 is 6.09 Å². The molecule has 0 saturated carbocycles. The summed E-state index contributed by atoms with van der Waals surface area (Å²) in [6.45, 7) is 5.88. The van der Waals surface area contributed by atoms with Crippen LogP contribution in [0.25, 0.3) is 0 Å². The third kappa shape index (κ3) is 3.96. The Morgan fingerprint density at radius 2 is 2.00 bits per heavy atom. The Kier molecular flexibility index (Phi) is 4.20. The van der Waals surface area contributed by atoms with Crippen LogP contribution in [0.3, 0.4) is 0 Å². The van der Waals surface area contributed by atoms with Crippen LogP contribution in [0.4, 0.5) is 4.79 Å². The second-order valence-corrected chi connectivity index (χ2v) is 4.21. The maximum absolute atomic E-state index is 11.3. The number of carbonyl (C=O) groups excluding carboxylic acids is 1. The molecule has 0 aromatic rings. The minimum Gasteiger partial charge on any atom is -0.446 e. The Morgan fingerprint density at radius 3 is 2.50 bits per heavy atom. The van der Waals surface area contributed by atoms with Crippen molar-refractivity contribution in [2.24, 2.45) is 0 Å². The number of rotatable bonds is 2. The molecular formula is C10H20N2O2. The van der Waals surface area contributed by atoms with Crippen LogP contribution in [0.5, 0.6) is 0 Å². The second kappa shape index (κ2) is 5.20. The Hall–Kier alpha value is -0.770. The van der Waals surface area contributed by atoms with Gasteiger partial charge in [0.25, 0.3) is 0 Å². The quantitative estimate of drug-likeness (QED) is 0.728. The second-order valence-electron chi connectivity index (χ2n) is 4.21. The first-order valence-corrected chi connectivity index (χ1v) is 5.23. The van der Waals surface area contributed by atoms with E-state index in [9.17, 15) is 4.79 Å². The Bertz CT molecular complexity index is 187. The van der Waals surface area contributed by atoms with Gasteiger partial charge in [-0.3, -0.25) is 0 Å². The van der Waals surface area contributed by atoms with Gasteiger partial charge in [-0.05, 0) is 33.7 Å². The molecule has 0 spiro atoms. The number of alkyl carbamates (subject to hydrolysis) is 1. The lowest BCUT2D eigenvalue weighted by Gasteiger charge is -2.28. The smallest absolute Gasteiger partial charge is 0.407 e. The Labute approximate surface area is 85.6 Å². The average molecular weight is 200 g/mol. The summed E-state index contributed by atoms with van der Waals surface area (Å²) in [6, 6.07) is 0.147. The molecule has 1 fully saturated rings. The van der Waals surface area contributed by atoms with Crippen molar-refractivity contribution in [3.8, 4) is 0 Å². The molecule has 4 nitrogen and oxygen atoms in total. The van der Waals surface area contributed by atoms with Gasteiger partial charge < -0.3 is 15.0 Å². The summed E-state index contributed by atoms with van der Waals surface area (Å²) in [7, 11) is 2.09. The number of ether oxygens (including phenoxy) is 1. The number of carbonyl (C=O) groups is 1. The van der Waals surface area contributed by atoms with Crippen molar-refractivity contribution < 1.29 is 9.53 Å². The fourth-order valence-electron chi connectivity index (χ4n) is 1.52. The van der Waals surface area contributed by atoms with Crippen LogP contribution in [0.15, 0.2) is 0 Å². The van der Waals surface area contributed by atoms with Crippen LogP contribution in [-0.4, -0.2) is 43.3 Å². The highest BCUT2D eigenvalue weighted by Crippen LogP contribution is 2.11. The standard InChI is InChI=1S/C10H20N2O2/c1-8(2)11-10(13)14-9-4-6-12(3)7-5-9/h8-9H,4-7H2,1-3H3,(H,11,13). The molecule has 14 heavy (non-hydrogen) atoms. The summed E-state index contributed by atoms with van der Waals surface area (Å²) in [4.78, 5) is 13.5. The summed E-state index contributed by atoms with van der Waals surface area (Å²) in [5.41, 5.74) is 0. The fourth-order valence-corrected chi connectivity index (χ4v) is 1.52.